The Morgan fingerprint density at radius 3 is 2.93 bits per heavy atom. The zero-order valence-electron chi connectivity index (χ0n) is 14.2. The zero-order chi connectivity index (χ0) is 19.1. The number of carbonyl (C=O) groups is 1. The third kappa shape index (κ3) is 3.34. The fourth-order valence-corrected chi connectivity index (χ4v) is 4.68. The van der Waals surface area contributed by atoms with Gasteiger partial charge in [0.25, 0.3) is 0 Å². The highest BCUT2D eigenvalue weighted by Gasteiger charge is 2.44. The number of thioether (sulfide) groups is 1. The number of anilines is 1. The number of ether oxygens (including phenoxy) is 1. The van der Waals surface area contributed by atoms with Crippen LogP contribution in [0.5, 0.6) is 0 Å². The molecular formula is C15H20N6O5S. The Balaban J connectivity index is 1.43. The highest BCUT2D eigenvalue weighted by molar-refractivity contribution is 8.00. The second-order valence-electron chi connectivity index (χ2n) is 6.62. The van der Waals surface area contributed by atoms with Crippen molar-refractivity contribution in [2.75, 3.05) is 18.0 Å². The first-order valence-corrected chi connectivity index (χ1v) is 9.53. The normalized spacial score (nSPS) is 33.7. The highest BCUT2D eigenvalue weighted by Crippen LogP contribution is 2.34. The van der Waals surface area contributed by atoms with Gasteiger partial charge in [0.15, 0.2) is 17.7 Å². The van der Waals surface area contributed by atoms with Gasteiger partial charge in [0.1, 0.15) is 30.1 Å². The third-order valence-electron chi connectivity index (χ3n) is 4.88. The predicted octanol–water partition coefficient (Wildman–Crippen LogP) is -1.42. The maximum absolute atomic E-state index is 11.0. The summed E-state index contributed by atoms with van der Waals surface area (Å²) < 4.78 is 7.41. The number of aliphatic hydroxyl groups excluding tert-OH is 2. The van der Waals surface area contributed by atoms with Crippen molar-refractivity contribution >= 4 is 34.7 Å². The Bertz CT molecular complexity index is 849. The maximum Gasteiger partial charge on any atom is 0.320 e. The molecule has 6 atom stereocenters. The summed E-state index contributed by atoms with van der Waals surface area (Å²) in [7, 11) is 0. The monoisotopic (exact) mass is 396 g/mol. The van der Waals surface area contributed by atoms with Gasteiger partial charge in [-0.25, -0.2) is 15.0 Å². The topological polar surface area (TPSA) is 169 Å². The molecule has 12 heteroatoms. The fraction of sp³-hybridized carbons (Fsp3) is 0.600. The van der Waals surface area contributed by atoms with Gasteiger partial charge in [-0.1, -0.05) is 0 Å². The number of aromatic nitrogens is 4. The van der Waals surface area contributed by atoms with Gasteiger partial charge in [0.05, 0.1) is 12.4 Å². The summed E-state index contributed by atoms with van der Waals surface area (Å²) in [6.45, 7) is 0.582. The van der Waals surface area contributed by atoms with Crippen LogP contribution in [0, 0.1) is 0 Å². The van der Waals surface area contributed by atoms with E-state index in [0.29, 0.717) is 29.9 Å². The van der Waals surface area contributed by atoms with Crippen LogP contribution in [0.2, 0.25) is 0 Å². The van der Waals surface area contributed by atoms with Crippen LogP contribution >= 0.6 is 11.8 Å². The number of hydrogen-bond donors (Lipinski definition) is 5. The van der Waals surface area contributed by atoms with Crippen LogP contribution in [-0.4, -0.2) is 82.7 Å². The number of nitrogens with one attached hydrogen (secondary N) is 1. The first kappa shape index (κ1) is 18.4. The molecule has 2 aliphatic rings. The smallest absolute Gasteiger partial charge is 0.320 e. The van der Waals surface area contributed by atoms with Crippen molar-refractivity contribution in [2.24, 2.45) is 0 Å². The van der Waals surface area contributed by atoms with E-state index >= 15 is 0 Å². The number of aliphatic carboxylic acids is 1. The molecule has 0 aliphatic carbocycles. The number of rotatable bonds is 5. The Labute approximate surface area is 157 Å². The number of aliphatic hydroxyl groups is 2. The first-order valence-electron chi connectivity index (χ1n) is 8.48. The second-order valence-corrected chi connectivity index (χ2v) is 7.95. The van der Waals surface area contributed by atoms with Crippen LogP contribution in [0.4, 0.5) is 5.82 Å². The van der Waals surface area contributed by atoms with Gasteiger partial charge in [-0.05, 0) is 6.42 Å². The molecule has 4 heterocycles. The van der Waals surface area contributed by atoms with Gasteiger partial charge in [-0.15, -0.1) is 0 Å². The van der Waals surface area contributed by atoms with Gasteiger partial charge in [0.2, 0.25) is 0 Å². The first-order chi connectivity index (χ1) is 13.0. The number of carboxylic acid groups (broad SMARTS) is 1. The van der Waals surface area contributed by atoms with Crippen molar-refractivity contribution in [3.05, 3.63) is 12.7 Å². The molecule has 2 fully saturated rings. The van der Waals surface area contributed by atoms with Gasteiger partial charge in [0, 0.05) is 17.5 Å². The number of carboxylic acids is 1. The molecular weight excluding hydrogens is 376 g/mol. The van der Waals surface area contributed by atoms with E-state index in [-0.39, 0.29) is 11.1 Å². The van der Waals surface area contributed by atoms with Crippen LogP contribution in [0.3, 0.4) is 0 Å². The van der Waals surface area contributed by atoms with E-state index in [4.69, 9.17) is 15.6 Å². The van der Waals surface area contributed by atoms with E-state index in [9.17, 15) is 15.0 Å². The highest BCUT2D eigenvalue weighted by atomic mass is 32.2. The molecule has 2 saturated heterocycles. The van der Waals surface area contributed by atoms with Crippen LogP contribution in [0.15, 0.2) is 12.7 Å². The quantitative estimate of drug-likeness (QED) is 0.402. The second kappa shape index (κ2) is 7.20. The minimum Gasteiger partial charge on any atom is -0.480 e. The molecule has 4 rings (SSSR count). The Kier molecular flexibility index (Phi) is 4.90. The Morgan fingerprint density at radius 1 is 1.37 bits per heavy atom. The Hall–Kier alpha value is -1.99. The summed E-state index contributed by atoms with van der Waals surface area (Å²) in [5.41, 5.74) is 6.59. The largest absolute Gasteiger partial charge is 0.480 e. The molecule has 0 unspecified atom stereocenters. The summed E-state index contributed by atoms with van der Waals surface area (Å²) in [6, 6.07) is -0.544. The fourth-order valence-electron chi connectivity index (χ4n) is 3.40. The van der Waals surface area contributed by atoms with Crippen molar-refractivity contribution in [1.82, 2.24) is 24.8 Å². The molecule has 0 aromatic carbocycles. The number of imidazole rings is 1. The van der Waals surface area contributed by atoms with Crippen LogP contribution in [-0.2, 0) is 9.53 Å². The Morgan fingerprint density at radius 2 is 2.19 bits per heavy atom. The van der Waals surface area contributed by atoms with Crippen molar-refractivity contribution in [1.29, 1.82) is 0 Å². The van der Waals surface area contributed by atoms with Crippen molar-refractivity contribution in [2.45, 2.75) is 42.3 Å². The number of nitrogens with two attached hydrogens (primary N) is 1. The molecule has 27 heavy (non-hydrogen) atoms. The number of fused-ring (bicyclic) bond motifs is 1. The molecule has 0 radical (unpaired) electrons. The van der Waals surface area contributed by atoms with Gasteiger partial charge in [-0.2, -0.15) is 11.8 Å². The average Bonchev–Trinajstić information content (AvgIpc) is 3.34. The summed E-state index contributed by atoms with van der Waals surface area (Å²) in [4.78, 5) is 23.2. The predicted molar refractivity (Wildman–Crippen MR) is 95.9 cm³/mol. The number of nitrogens with zero attached hydrogens (tertiary/aromatic N) is 4. The molecule has 0 spiro atoms. The van der Waals surface area contributed by atoms with Crippen molar-refractivity contribution < 1.29 is 24.9 Å². The molecule has 0 amide bonds. The molecule has 11 nitrogen and oxygen atoms in total. The summed E-state index contributed by atoms with van der Waals surface area (Å²) in [5, 5.41) is 32.9. The lowest BCUT2D eigenvalue weighted by Crippen LogP contribution is -2.33. The molecule has 0 saturated carbocycles. The van der Waals surface area contributed by atoms with Gasteiger partial charge >= 0.3 is 5.97 Å². The summed E-state index contributed by atoms with van der Waals surface area (Å²) in [5.74, 6) is -0.212. The SMILES string of the molecule is Nc1ncnc2c1ncn2[C@@H]1O[C@H](CS[C@@H]2CN[C@@H](C(=O)O)C2)[C@@H](O)[C@H]1O. The summed E-state index contributed by atoms with van der Waals surface area (Å²) in [6.07, 6.45) is -0.427. The molecule has 2 aliphatic heterocycles. The van der Waals surface area contributed by atoms with E-state index in [2.05, 4.69) is 20.3 Å². The molecule has 6 N–H and O–H groups in total. The summed E-state index contributed by atoms with van der Waals surface area (Å²) >= 11 is 1.52. The van der Waals surface area contributed by atoms with E-state index in [0.717, 1.165) is 0 Å². The van der Waals surface area contributed by atoms with Crippen molar-refractivity contribution in [3.8, 4) is 0 Å². The molecule has 2 aromatic heterocycles. The van der Waals surface area contributed by atoms with E-state index < -0.39 is 36.6 Å². The van der Waals surface area contributed by atoms with Crippen LogP contribution in [0.25, 0.3) is 11.2 Å². The lowest BCUT2D eigenvalue weighted by molar-refractivity contribution is -0.139. The van der Waals surface area contributed by atoms with Gasteiger partial charge < -0.3 is 31.1 Å². The molecule has 0 bridgehead atoms. The van der Waals surface area contributed by atoms with Crippen LogP contribution in [0.1, 0.15) is 12.6 Å². The third-order valence-corrected chi connectivity index (χ3v) is 6.23. The standard InChI is InChI=1S/C15H20N6O5S/c16-12-9-13(19-4-18-12)21(5-20-9)14-11(23)10(22)8(26-14)3-27-6-1-7(15(24)25)17-2-6/h4-8,10-11,14,17,22-23H,1-3H2,(H,24,25)(H2,16,18,19)/t6-,7+,8+,10+,11+,14+/m0/s1. The molecule has 146 valence electrons. The average molecular weight is 396 g/mol. The van der Waals surface area contributed by atoms with Crippen LogP contribution < -0.4 is 11.1 Å². The van der Waals surface area contributed by atoms with E-state index in [1.807, 2.05) is 0 Å². The maximum atomic E-state index is 11.0. The van der Waals surface area contributed by atoms with Crippen molar-refractivity contribution in [3.63, 3.8) is 0 Å². The van der Waals surface area contributed by atoms with E-state index in [1.165, 1.54) is 29.0 Å². The molecule has 2 aromatic rings. The number of nitrogen functional groups attached to an aromatic ring is 1. The number of hydrogen-bond acceptors (Lipinski definition) is 10. The minimum absolute atomic E-state index is 0.111. The lowest BCUT2D eigenvalue weighted by atomic mass is 10.1. The van der Waals surface area contributed by atoms with E-state index in [1.54, 1.807) is 0 Å². The zero-order valence-corrected chi connectivity index (χ0v) is 15.0. The minimum atomic E-state index is -1.15. The lowest BCUT2D eigenvalue weighted by Gasteiger charge is -2.17. The van der Waals surface area contributed by atoms with Gasteiger partial charge in [-0.3, -0.25) is 9.36 Å².